The Morgan fingerprint density at radius 2 is 1.35 bits per heavy atom. The largest absolute Gasteiger partial charge is 0.307 e. The molecule has 0 bridgehead atoms. The highest BCUT2D eigenvalue weighted by molar-refractivity contribution is 5.78. The highest BCUT2D eigenvalue weighted by Gasteiger charge is 2.41. The Labute approximate surface area is 212 Å². The predicted octanol–water partition coefficient (Wildman–Crippen LogP) is 8.32. The zero-order valence-corrected chi connectivity index (χ0v) is 23.4. The molecule has 2 unspecified atom stereocenters. The number of quaternary nitrogens is 1. The van der Waals surface area contributed by atoms with Gasteiger partial charge in [0.15, 0.2) is 12.0 Å². The van der Waals surface area contributed by atoms with Crippen LogP contribution < -0.4 is 5.32 Å². The number of carbonyl (C=O) groups is 1. The second kappa shape index (κ2) is 20.1. The van der Waals surface area contributed by atoms with Crippen molar-refractivity contribution in [2.24, 2.45) is 4.99 Å². The number of amidine groups is 1. The van der Waals surface area contributed by atoms with Gasteiger partial charge in [0.05, 0.1) is 13.1 Å². The van der Waals surface area contributed by atoms with Crippen LogP contribution in [0.2, 0.25) is 0 Å². The minimum atomic E-state index is 0.0540. The first-order chi connectivity index (χ1) is 16.6. The maximum Gasteiger partial charge on any atom is 0.221 e. The fraction of sp³-hybridized carbons (Fsp3) is 0.867. The topological polar surface area (TPSA) is 41.5 Å². The fourth-order valence-electron chi connectivity index (χ4n) is 5.44. The van der Waals surface area contributed by atoms with Gasteiger partial charge in [0.1, 0.15) is 6.54 Å². The van der Waals surface area contributed by atoms with Gasteiger partial charge in [0.25, 0.3) is 0 Å². The smallest absolute Gasteiger partial charge is 0.221 e. The third-order valence-corrected chi connectivity index (χ3v) is 7.69. The monoisotopic (exact) mass is 476 g/mol. The lowest BCUT2D eigenvalue weighted by Crippen LogP contribution is -2.62. The van der Waals surface area contributed by atoms with E-state index in [1.54, 1.807) is 6.92 Å². The Morgan fingerprint density at radius 3 is 1.85 bits per heavy atom. The summed E-state index contributed by atoms with van der Waals surface area (Å²) in [5, 5.41) is 3.11. The molecule has 0 radical (unpaired) electrons. The predicted molar refractivity (Wildman–Crippen MR) is 149 cm³/mol. The number of aliphatic imine (C=N–C) groups is 1. The molecule has 0 aromatic rings. The Hall–Kier alpha value is -1.16. The number of allylic oxidation sites excluding steroid dienone is 2. The summed E-state index contributed by atoms with van der Waals surface area (Å²) in [7, 11) is 0. The summed E-state index contributed by atoms with van der Waals surface area (Å²) in [6.07, 6.45) is 29.3. The van der Waals surface area contributed by atoms with Crippen molar-refractivity contribution in [2.75, 3.05) is 19.6 Å². The number of likely N-dealkylation sites (N-methyl/N-ethyl adjacent to an activating group) is 1. The van der Waals surface area contributed by atoms with Crippen LogP contribution in [-0.2, 0) is 4.79 Å². The average molecular weight is 477 g/mol. The van der Waals surface area contributed by atoms with Crippen molar-refractivity contribution >= 4 is 11.7 Å². The summed E-state index contributed by atoms with van der Waals surface area (Å²) in [4.78, 5) is 16.4. The van der Waals surface area contributed by atoms with Crippen molar-refractivity contribution in [1.29, 1.82) is 0 Å². The highest BCUT2D eigenvalue weighted by atomic mass is 16.1. The first kappa shape index (κ1) is 30.9. The van der Waals surface area contributed by atoms with Crippen LogP contribution >= 0.6 is 0 Å². The molecular formula is C30H58N3O+. The Kier molecular flexibility index (Phi) is 18.2. The van der Waals surface area contributed by atoms with Gasteiger partial charge in [-0.05, 0) is 39.0 Å². The number of nitrogens with one attached hydrogen (secondary N) is 1. The number of amides is 1. The van der Waals surface area contributed by atoms with Crippen molar-refractivity contribution in [3.05, 3.63) is 12.2 Å². The number of carbonyl (C=O) groups excluding carboxylic acids is 1. The van der Waals surface area contributed by atoms with Gasteiger partial charge in [-0.25, -0.2) is 4.99 Å². The van der Waals surface area contributed by atoms with Crippen molar-refractivity contribution in [3.8, 4) is 0 Å². The zero-order valence-electron chi connectivity index (χ0n) is 23.4. The molecule has 2 atom stereocenters. The number of hydrogen-bond donors (Lipinski definition) is 1. The van der Waals surface area contributed by atoms with Gasteiger partial charge in [-0.15, -0.1) is 0 Å². The van der Waals surface area contributed by atoms with Gasteiger partial charge in [0, 0.05) is 20.3 Å². The molecule has 0 aromatic carbocycles. The molecule has 4 nitrogen and oxygen atoms in total. The van der Waals surface area contributed by atoms with Crippen LogP contribution in [0, 0.1) is 0 Å². The molecule has 1 aliphatic rings. The standard InChI is InChI=1S/C30H57N3O/c1-5-7-8-9-10-11-12-13-14-15-16-17-18-19-20-21-22-23-24-25-30-31-26-27-33(30,6-2)28(3)32-29(4)34/h20-21,28H,5-19,22-27H2,1-4H3/p+1/b21-20+. The summed E-state index contributed by atoms with van der Waals surface area (Å²) in [6, 6.07) is 0. The summed E-state index contributed by atoms with van der Waals surface area (Å²) in [5.41, 5.74) is 0. The maximum absolute atomic E-state index is 11.5. The van der Waals surface area contributed by atoms with Crippen LogP contribution in [-0.4, -0.2) is 42.0 Å². The van der Waals surface area contributed by atoms with Gasteiger partial charge < -0.3 is 5.32 Å². The summed E-state index contributed by atoms with van der Waals surface area (Å²) in [5.74, 6) is 1.35. The number of nitrogens with zero attached hydrogens (tertiary/aromatic N) is 2. The molecular weight excluding hydrogens is 418 g/mol. The SMILES string of the molecule is CCCCCCCCCCCCCCC/C=C/CCCCC1=NCC[N+]1(CC)C(C)NC(C)=O. The van der Waals surface area contributed by atoms with Gasteiger partial charge in [-0.2, -0.15) is 0 Å². The van der Waals surface area contributed by atoms with E-state index in [1.807, 2.05) is 0 Å². The highest BCUT2D eigenvalue weighted by Crippen LogP contribution is 2.23. The van der Waals surface area contributed by atoms with Crippen LogP contribution in [0.4, 0.5) is 0 Å². The third-order valence-electron chi connectivity index (χ3n) is 7.69. The number of rotatable bonds is 22. The first-order valence-corrected chi connectivity index (χ1v) is 14.9. The molecule has 0 aliphatic carbocycles. The molecule has 4 heteroatoms. The second-order valence-electron chi connectivity index (χ2n) is 10.5. The van der Waals surface area contributed by atoms with E-state index in [-0.39, 0.29) is 12.1 Å². The summed E-state index contributed by atoms with van der Waals surface area (Å²) in [6.45, 7) is 11.2. The lowest BCUT2D eigenvalue weighted by atomic mass is 10.0. The molecule has 0 spiro atoms. The van der Waals surface area contributed by atoms with E-state index in [4.69, 9.17) is 4.99 Å². The fourth-order valence-corrected chi connectivity index (χ4v) is 5.44. The maximum atomic E-state index is 11.5. The van der Waals surface area contributed by atoms with Crippen molar-refractivity contribution in [2.45, 2.75) is 149 Å². The van der Waals surface area contributed by atoms with Crippen molar-refractivity contribution in [3.63, 3.8) is 0 Å². The molecule has 1 N–H and O–H groups in total. The minimum Gasteiger partial charge on any atom is -0.307 e. The van der Waals surface area contributed by atoms with E-state index in [2.05, 4.69) is 38.2 Å². The Morgan fingerprint density at radius 1 is 0.853 bits per heavy atom. The first-order valence-electron chi connectivity index (χ1n) is 14.9. The van der Waals surface area contributed by atoms with E-state index in [0.717, 1.165) is 30.5 Å². The molecule has 1 aliphatic heterocycles. The zero-order chi connectivity index (χ0) is 24.9. The Balaban J connectivity index is 1.98. The molecule has 198 valence electrons. The molecule has 34 heavy (non-hydrogen) atoms. The molecule has 1 rings (SSSR count). The molecule has 0 fully saturated rings. The van der Waals surface area contributed by atoms with Crippen molar-refractivity contribution in [1.82, 2.24) is 5.32 Å². The van der Waals surface area contributed by atoms with Crippen LogP contribution in [0.15, 0.2) is 17.1 Å². The van der Waals surface area contributed by atoms with E-state index in [9.17, 15) is 4.79 Å². The van der Waals surface area contributed by atoms with Crippen LogP contribution in [0.25, 0.3) is 0 Å². The molecule has 0 aromatic heterocycles. The number of unbranched alkanes of at least 4 members (excludes halogenated alkanes) is 15. The molecule has 1 heterocycles. The minimum absolute atomic E-state index is 0.0540. The summed E-state index contributed by atoms with van der Waals surface area (Å²) < 4.78 is 0.842. The van der Waals surface area contributed by atoms with E-state index in [0.29, 0.717) is 0 Å². The van der Waals surface area contributed by atoms with Crippen molar-refractivity contribution < 1.29 is 9.28 Å². The van der Waals surface area contributed by atoms with Gasteiger partial charge in [-0.1, -0.05) is 96.1 Å². The number of hydrogen-bond acceptors (Lipinski definition) is 2. The second-order valence-corrected chi connectivity index (χ2v) is 10.5. The van der Waals surface area contributed by atoms with E-state index >= 15 is 0 Å². The van der Waals surface area contributed by atoms with E-state index < -0.39 is 0 Å². The molecule has 0 saturated carbocycles. The van der Waals surface area contributed by atoms with E-state index in [1.165, 1.54) is 115 Å². The van der Waals surface area contributed by atoms with Gasteiger partial charge >= 0.3 is 0 Å². The average Bonchev–Trinajstić information content (AvgIpc) is 3.24. The quantitative estimate of drug-likeness (QED) is 0.0952. The Bertz CT molecular complexity index is 571. The lowest BCUT2D eigenvalue weighted by molar-refractivity contribution is -0.861. The summed E-state index contributed by atoms with van der Waals surface area (Å²) >= 11 is 0. The third kappa shape index (κ3) is 13.1. The normalized spacial score (nSPS) is 19.0. The lowest BCUT2D eigenvalue weighted by Gasteiger charge is -2.39. The van der Waals surface area contributed by atoms with Gasteiger partial charge in [0.2, 0.25) is 5.91 Å². The van der Waals surface area contributed by atoms with Crippen LogP contribution in [0.5, 0.6) is 0 Å². The van der Waals surface area contributed by atoms with Crippen LogP contribution in [0.1, 0.15) is 143 Å². The van der Waals surface area contributed by atoms with Crippen LogP contribution in [0.3, 0.4) is 0 Å². The molecule has 0 saturated heterocycles. The molecule has 1 amide bonds. The van der Waals surface area contributed by atoms with Gasteiger partial charge in [-0.3, -0.25) is 9.28 Å².